The molecule has 0 bridgehead atoms. The second-order valence-electron chi connectivity index (χ2n) is 10.1. The van der Waals surface area contributed by atoms with Gasteiger partial charge in [0.05, 0.1) is 0 Å². The topological polar surface area (TPSA) is 108 Å². The van der Waals surface area contributed by atoms with E-state index in [9.17, 15) is 14.4 Å². The molecule has 5 rings (SSSR count). The predicted octanol–water partition coefficient (Wildman–Crippen LogP) is 1.53. The number of piperidine rings is 2. The first-order valence-corrected chi connectivity index (χ1v) is 12.4. The lowest BCUT2D eigenvalue weighted by Gasteiger charge is -2.39. The molecule has 4 N–H and O–H groups in total. The molecule has 2 aromatic rings. The van der Waals surface area contributed by atoms with Gasteiger partial charge in [0.2, 0.25) is 11.8 Å². The Morgan fingerprint density at radius 2 is 1.80 bits per heavy atom. The number of imide groups is 1. The fraction of sp³-hybridized carbons (Fsp3) is 0.444. The fourth-order valence-corrected chi connectivity index (χ4v) is 5.37. The zero-order valence-electron chi connectivity index (χ0n) is 20.0. The molecule has 2 aromatic carbocycles. The van der Waals surface area contributed by atoms with E-state index in [2.05, 4.69) is 39.8 Å². The lowest BCUT2D eigenvalue weighted by atomic mass is 9.88. The van der Waals surface area contributed by atoms with Gasteiger partial charge in [0.25, 0.3) is 5.91 Å². The number of hydrogen-bond acceptors (Lipinski definition) is 6. The van der Waals surface area contributed by atoms with Crippen LogP contribution in [0, 0.1) is 0 Å². The van der Waals surface area contributed by atoms with E-state index in [1.54, 1.807) is 4.90 Å². The van der Waals surface area contributed by atoms with Gasteiger partial charge in [0.15, 0.2) is 0 Å². The second-order valence-corrected chi connectivity index (χ2v) is 10.1. The lowest BCUT2D eigenvalue weighted by molar-refractivity contribution is -0.136. The molecule has 0 saturated carbocycles. The SMILES string of the molecule is NC1(CNCc2ccc3c(c2)CN(C2CCC(=O)NC2=O)C3=O)CCN(Cc2ccccc2)CC1. The molecule has 3 aliphatic heterocycles. The molecule has 184 valence electrons. The van der Waals surface area contributed by atoms with Gasteiger partial charge in [-0.3, -0.25) is 24.6 Å². The molecule has 0 aromatic heterocycles. The summed E-state index contributed by atoms with van der Waals surface area (Å²) in [6, 6.07) is 15.8. The highest BCUT2D eigenvalue weighted by Crippen LogP contribution is 2.28. The van der Waals surface area contributed by atoms with Gasteiger partial charge in [-0.15, -0.1) is 0 Å². The Labute approximate surface area is 205 Å². The zero-order chi connectivity index (χ0) is 24.4. The third-order valence-electron chi connectivity index (χ3n) is 7.49. The van der Waals surface area contributed by atoms with Crippen LogP contribution in [0.1, 0.15) is 52.7 Å². The highest BCUT2D eigenvalue weighted by atomic mass is 16.2. The highest BCUT2D eigenvalue weighted by molar-refractivity contribution is 6.05. The van der Waals surface area contributed by atoms with Gasteiger partial charge < -0.3 is 16.0 Å². The summed E-state index contributed by atoms with van der Waals surface area (Å²) in [7, 11) is 0. The third-order valence-corrected chi connectivity index (χ3v) is 7.49. The molecular weight excluding hydrogens is 442 g/mol. The van der Waals surface area contributed by atoms with Crippen molar-refractivity contribution in [1.29, 1.82) is 0 Å². The molecule has 0 aliphatic carbocycles. The number of benzene rings is 2. The number of carbonyl (C=O) groups excluding carboxylic acids is 3. The smallest absolute Gasteiger partial charge is 0.255 e. The van der Waals surface area contributed by atoms with E-state index in [-0.39, 0.29) is 29.7 Å². The van der Waals surface area contributed by atoms with Crippen molar-refractivity contribution in [2.45, 2.75) is 56.9 Å². The number of hydrogen-bond donors (Lipinski definition) is 3. The van der Waals surface area contributed by atoms with Gasteiger partial charge in [-0.1, -0.05) is 42.5 Å². The number of likely N-dealkylation sites (tertiary alicyclic amines) is 1. The summed E-state index contributed by atoms with van der Waals surface area (Å²) in [6.07, 6.45) is 2.54. The maximum Gasteiger partial charge on any atom is 0.255 e. The normalized spacial score (nSPS) is 22.3. The van der Waals surface area contributed by atoms with Gasteiger partial charge in [-0.05, 0) is 42.0 Å². The molecule has 3 heterocycles. The quantitative estimate of drug-likeness (QED) is 0.525. The van der Waals surface area contributed by atoms with Crippen LogP contribution in [-0.2, 0) is 29.2 Å². The van der Waals surface area contributed by atoms with Crippen molar-refractivity contribution in [2.24, 2.45) is 5.73 Å². The summed E-state index contributed by atoms with van der Waals surface area (Å²) < 4.78 is 0. The van der Waals surface area contributed by atoms with E-state index < -0.39 is 6.04 Å². The van der Waals surface area contributed by atoms with Crippen molar-refractivity contribution in [3.8, 4) is 0 Å². The van der Waals surface area contributed by atoms with Crippen molar-refractivity contribution in [2.75, 3.05) is 19.6 Å². The van der Waals surface area contributed by atoms with Gasteiger partial charge in [-0.25, -0.2) is 0 Å². The number of nitrogens with one attached hydrogen (secondary N) is 2. The van der Waals surface area contributed by atoms with Crippen molar-refractivity contribution in [1.82, 2.24) is 20.4 Å². The molecule has 2 saturated heterocycles. The number of amides is 3. The average molecular weight is 476 g/mol. The van der Waals surface area contributed by atoms with E-state index in [1.165, 1.54) is 5.56 Å². The van der Waals surface area contributed by atoms with Crippen LogP contribution in [0.5, 0.6) is 0 Å². The summed E-state index contributed by atoms with van der Waals surface area (Å²) in [5, 5.41) is 5.87. The Morgan fingerprint density at radius 1 is 1.03 bits per heavy atom. The Kier molecular flexibility index (Phi) is 6.69. The summed E-state index contributed by atoms with van der Waals surface area (Å²) >= 11 is 0. The summed E-state index contributed by atoms with van der Waals surface area (Å²) in [4.78, 5) is 40.6. The molecule has 8 nitrogen and oxygen atoms in total. The van der Waals surface area contributed by atoms with E-state index in [0.717, 1.165) is 50.1 Å². The van der Waals surface area contributed by atoms with Crippen LogP contribution >= 0.6 is 0 Å². The van der Waals surface area contributed by atoms with Crippen molar-refractivity contribution in [3.05, 3.63) is 70.8 Å². The van der Waals surface area contributed by atoms with Crippen LogP contribution in [0.4, 0.5) is 0 Å². The minimum Gasteiger partial charge on any atom is -0.324 e. The number of fused-ring (bicyclic) bond motifs is 1. The molecule has 35 heavy (non-hydrogen) atoms. The molecule has 0 radical (unpaired) electrons. The first-order chi connectivity index (χ1) is 16.9. The maximum absolute atomic E-state index is 12.9. The minimum atomic E-state index is -0.584. The van der Waals surface area contributed by atoms with Crippen LogP contribution in [0.3, 0.4) is 0 Å². The van der Waals surface area contributed by atoms with Crippen molar-refractivity contribution >= 4 is 17.7 Å². The van der Waals surface area contributed by atoms with Gasteiger partial charge in [0.1, 0.15) is 6.04 Å². The van der Waals surface area contributed by atoms with E-state index in [0.29, 0.717) is 25.1 Å². The Balaban J connectivity index is 1.12. The maximum atomic E-state index is 12.9. The molecule has 1 atom stereocenters. The summed E-state index contributed by atoms with van der Waals surface area (Å²) in [6.45, 7) is 4.76. The molecule has 2 fully saturated rings. The summed E-state index contributed by atoms with van der Waals surface area (Å²) in [5.74, 6) is -0.798. The van der Waals surface area contributed by atoms with E-state index in [1.807, 2.05) is 24.3 Å². The van der Waals surface area contributed by atoms with E-state index >= 15 is 0 Å². The molecular formula is C27H33N5O3. The van der Waals surface area contributed by atoms with Crippen LogP contribution in [-0.4, -0.2) is 58.7 Å². The van der Waals surface area contributed by atoms with Crippen LogP contribution in [0.15, 0.2) is 48.5 Å². The largest absolute Gasteiger partial charge is 0.324 e. The van der Waals surface area contributed by atoms with E-state index in [4.69, 9.17) is 5.73 Å². The predicted molar refractivity (Wildman–Crippen MR) is 132 cm³/mol. The molecule has 0 spiro atoms. The Bertz CT molecular complexity index is 1110. The zero-order valence-corrected chi connectivity index (χ0v) is 20.0. The monoisotopic (exact) mass is 475 g/mol. The van der Waals surface area contributed by atoms with Gasteiger partial charge in [-0.2, -0.15) is 0 Å². The average Bonchev–Trinajstić information content (AvgIpc) is 3.17. The standard InChI is InChI=1S/C27H33N5O3/c28-27(10-12-31(13-11-27)16-19-4-2-1-3-5-19)18-29-15-20-6-7-22-21(14-20)17-32(26(22)35)23-8-9-24(33)30-25(23)34/h1-7,14,23,29H,8-13,15-18,28H2,(H,30,33,34). The fourth-order valence-electron chi connectivity index (χ4n) is 5.37. The van der Waals surface area contributed by atoms with Gasteiger partial charge in [0, 0.05) is 56.8 Å². The number of carbonyl (C=O) groups is 3. The Hall–Kier alpha value is -3.07. The number of nitrogens with two attached hydrogens (primary N) is 1. The Morgan fingerprint density at radius 3 is 2.54 bits per heavy atom. The second kappa shape index (κ2) is 9.89. The number of nitrogens with zero attached hydrogens (tertiary/aromatic N) is 2. The summed E-state index contributed by atoms with van der Waals surface area (Å²) in [5.41, 5.74) is 10.5. The highest BCUT2D eigenvalue weighted by Gasteiger charge is 2.39. The third kappa shape index (κ3) is 5.29. The molecule has 3 aliphatic rings. The number of rotatable bonds is 7. The van der Waals surface area contributed by atoms with Gasteiger partial charge >= 0.3 is 0 Å². The molecule has 8 heteroatoms. The van der Waals surface area contributed by atoms with Crippen LogP contribution < -0.4 is 16.4 Å². The van der Waals surface area contributed by atoms with Crippen molar-refractivity contribution < 1.29 is 14.4 Å². The minimum absolute atomic E-state index is 0.141. The molecule has 3 amide bonds. The first kappa shape index (κ1) is 23.7. The molecule has 1 unspecified atom stereocenters. The first-order valence-electron chi connectivity index (χ1n) is 12.4. The lowest BCUT2D eigenvalue weighted by Crippen LogP contribution is -2.55. The van der Waals surface area contributed by atoms with Crippen LogP contribution in [0.2, 0.25) is 0 Å². The van der Waals surface area contributed by atoms with Crippen molar-refractivity contribution in [3.63, 3.8) is 0 Å². The van der Waals surface area contributed by atoms with Crippen LogP contribution in [0.25, 0.3) is 0 Å².